The van der Waals surface area contributed by atoms with Gasteiger partial charge in [0.2, 0.25) is 0 Å². The van der Waals surface area contributed by atoms with Gasteiger partial charge in [0.05, 0.1) is 14.6 Å². The van der Waals surface area contributed by atoms with Crippen LogP contribution in [0.1, 0.15) is 21.1 Å². The molecular formula is C13H14Br2N2OS. The van der Waals surface area contributed by atoms with Gasteiger partial charge in [-0.3, -0.25) is 0 Å². The number of nitrogens with zero attached hydrogens (tertiary/aromatic N) is 1. The Balaban J connectivity index is 2.15. The summed E-state index contributed by atoms with van der Waals surface area (Å²) in [6.07, 6.45) is 0. The standard InChI is InChI=1S/C13H14Br2N2OS/c1-7-8(2)19-12(17-7)6-18-13-10(14)3-9(5-16)4-11(13)15/h3-4H,5-6,16H2,1-2H3. The van der Waals surface area contributed by atoms with Crippen LogP contribution < -0.4 is 10.5 Å². The molecule has 102 valence electrons. The van der Waals surface area contributed by atoms with Crippen molar-refractivity contribution in [3.63, 3.8) is 0 Å². The summed E-state index contributed by atoms with van der Waals surface area (Å²) >= 11 is 8.68. The van der Waals surface area contributed by atoms with E-state index in [1.165, 1.54) is 4.88 Å². The molecule has 1 aromatic heterocycles. The Morgan fingerprint density at radius 3 is 2.37 bits per heavy atom. The summed E-state index contributed by atoms with van der Waals surface area (Å²) in [5.41, 5.74) is 7.75. The van der Waals surface area contributed by atoms with Crippen LogP contribution in [0.25, 0.3) is 0 Å². The number of nitrogens with two attached hydrogens (primary N) is 1. The van der Waals surface area contributed by atoms with Crippen molar-refractivity contribution in [2.75, 3.05) is 0 Å². The molecule has 2 aromatic rings. The number of aryl methyl sites for hydroxylation is 2. The lowest BCUT2D eigenvalue weighted by Crippen LogP contribution is -2.00. The summed E-state index contributed by atoms with van der Waals surface area (Å²) in [7, 11) is 0. The molecular weight excluding hydrogens is 392 g/mol. The SMILES string of the molecule is Cc1nc(COc2c(Br)cc(CN)cc2Br)sc1C. The molecule has 0 atom stereocenters. The van der Waals surface area contributed by atoms with Crippen molar-refractivity contribution in [3.05, 3.63) is 42.2 Å². The Labute approximate surface area is 133 Å². The van der Waals surface area contributed by atoms with Crippen LogP contribution in [0.15, 0.2) is 21.1 Å². The zero-order valence-corrected chi connectivity index (χ0v) is 14.7. The molecule has 1 heterocycles. The van der Waals surface area contributed by atoms with Crippen molar-refractivity contribution in [2.45, 2.75) is 27.0 Å². The maximum atomic E-state index is 5.83. The van der Waals surface area contributed by atoms with Crippen LogP contribution in [-0.4, -0.2) is 4.98 Å². The number of halogens is 2. The number of hydrogen-bond donors (Lipinski definition) is 1. The first-order chi connectivity index (χ1) is 9.01. The van der Waals surface area contributed by atoms with Crippen LogP contribution in [0.3, 0.4) is 0 Å². The number of benzene rings is 1. The molecule has 0 unspecified atom stereocenters. The number of aromatic nitrogens is 1. The molecule has 0 fully saturated rings. The van der Waals surface area contributed by atoms with Crippen molar-refractivity contribution >= 4 is 43.2 Å². The maximum absolute atomic E-state index is 5.83. The minimum Gasteiger partial charge on any atom is -0.484 e. The zero-order valence-electron chi connectivity index (χ0n) is 10.7. The van der Waals surface area contributed by atoms with Gasteiger partial charge in [0, 0.05) is 11.4 Å². The van der Waals surface area contributed by atoms with Gasteiger partial charge in [-0.2, -0.15) is 0 Å². The first kappa shape index (κ1) is 15.0. The predicted octanol–water partition coefficient (Wildman–Crippen LogP) is 4.32. The smallest absolute Gasteiger partial charge is 0.148 e. The Morgan fingerprint density at radius 2 is 1.89 bits per heavy atom. The van der Waals surface area contributed by atoms with Crippen molar-refractivity contribution < 1.29 is 4.74 Å². The van der Waals surface area contributed by atoms with Crippen LogP contribution in [0.4, 0.5) is 0 Å². The molecule has 6 heteroatoms. The van der Waals surface area contributed by atoms with Gasteiger partial charge < -0.3 is 10.5 Å². The lowest BCUT2D eigenvalue weighted by atomic mass is 10.2. The summed E-state index contributed by atoms with van der Waals surface area (Å²) in [4.78, 5) is 5.69. The Hall–Kier alpha value is -0.430. The highest BCUT2D eigenvalue weighted by Crippen LogP contribution is 2.35. The summed E-state index contributed by atoms with van der Waals surface area (Å²) < 4.78 is 7.63. The summed E-state index contributed by atoms with van der Waals surface area (Å²) in [5.74, 6) is 0.780. The van der Waals surface area contributed by atoms with Crippen LogP contribution in [0, 0.1) is 13.8 Å². The molecule has 19 heavy (non-hydrogen) atoms. The van der Waals surface area contributed by atoms with Gasteiger partial charge in [-0.25, -0.2) is 4.98 Å². The molecule has 1 aromatic carbocycles. The van der Waals surface area contributed by atoms with Gasteiger partial charge in [0.25, 0.3) is 0 Å². The highest BCUT2D eigenvalue weighted by atomic mass is 79.9. The first-order valence-electron chi connectivity index (χ1n) is 5.75. The lowest BCUT2D eigenvalue weighted by molar-refractivity contribution is 0.301. The number of rotatable bonds is 4. The molecule has 0 saturated heterocycles. The van der Waals surface area contributed by atoms with Crippen LogP contribution in [-0.2, 0) is 13.2 Å². The summed E-state index contributed by atoms with van der Waals surface area (Å²) in [6, 6.07) is 3.94. The number of hydrogen-bond acceptors (Lipinski definition) is 4. The molecule has 2 N–H and O–H groups in total. The zero-order chi connectivity index (χ0) is 14.0. The van der Waals surface area contributed by atoms with E-state index in [-0.39, 0.29) is 0 Å². The van der Waals surface area contributed by atoms with Crippen LogP contribution in [0.5, 0.6) is 5.75 Å². The molecule has 0 spiro atoms. The second-order valence-corrected chi connectivity index (χ2v) is 7.13. The van der Waals surface area contributed by atoms with Gasteiger partial charge in [0.1, 0.15) is 17.4 Å². The van der Waals surface area contributed by atoms with E-state index in [1.54, 1.807) is 11.3 Å². The number of ether oxygens (including phenoxy) is 1. The van der Waals surface area contributed by atoms with E-state index in [2.05, 4.69) is 43.8 Å². The minimum atomic E-state index is 0.471. The van der Waals surface area contributed by atoms with Gasteiger partial charge >= 0.3 is 0 Å². The average molecular weight is 406 g/mol. The molecule has 0 aliphatic heterocycles. The van der Waals surface area contributed by atoms with Gasteiger partial charge in [-0.1, -0.05) is 0 Å². The molecule has 0 amide bonds. The highest BCUT2D eigenvalue weighted by Gasteiger charge is 2.10. The first-order valence-corrected chi connectivity index (χ1v) is 8.15. The Kier molecular flexibility index (Phi) is 5.00. The topological polar surface area (TPSA) is 48.1 Å². The van der Waals surface area contributed by atoms with Crippen LogP contribution in [0.2, 0.25) is 0 Å². The normalized spacial score (nSPS) is 10.8. The molecule has 0 saturated carbocycles. The third-order valence-electron chi connectivity index (χ3n) is 2.71. The third-order valence-corrected chi connectivity index (χ3v) is 4.93. The lowest BCUT2D eigenvalue weighted by Gasteiger charge is -2.10. The fraction of sp³-hybridized carbons (Fsp3) is 0.308. The van der Waals surface area contributed by atoms with E-state index in [9.17, 15) is 0 Å². The van der Waals surface area contributed by atoms with Crippen molar-refractivity contribution in [1.82, 2.24) is 4.98 Å². The van der Waals surface area contributed by atoms with Gasteiger partial charge in [-0.05, 0) is 63.4 Å². The molecule has 0 aliphatic carbocycles. The van der Waals surface area contributed by atoms with Gasteiger partial charge in [-0.15, -0.1) is 11.3 Å². The van der Waals surface area contributed by atoms with Crippen molar-refractivity contribution in [3.8, 4) is 5.75 Å². The Morgan fingerprint density at radius 1 is 1.26 bits per heavy atom. The second kappa shape index (κ2) is 6.35. The fourth-order valence-electron chi connectivity index (χ4n) is 1.60. The highest BCUT2D eigenvalue weighted by molar-refractivity contribution is 9.11. The molecule has 3 nitrogen and oxygen atoms in total. The molecule has 0 bridgehead atoms. The quantitative estimate of drug-likeness (QED) is 0.823. The van der Waals surface area contributed by atoms with E-state index in [0.717, 1.165) is 31.0 Å². The van der Waals surface area contributed by atoms with E-state index < -0.39 is 0 Å². The number of thiazole rings is 1. The third kappa shape index (κ3) is 3.56. The minimum absolute atomic E-state index is 0.471. The van der Waals surface area contributed by atoms with E-state index in [0.29, 0.717) is 13.2 Å². The predicted molar refractivity (Wildman–Crippen MR) is 85.7 cm³/mol. The molecule has 0 radical (unpaired) electrons. The summed E-state index contributed by atoms with van der Waals surface area (Å²) in [6.45, 7) is 5.05. The average Bonchev–Trinajstić information content (AvgIpc) is 2.67. The fourth-order valence-corrected chi connectivity index (χ4v) is 3.96. The van der Waals surface area contributed by atoms with Crippen molar-refractivity contribution in [2.24, 2.45) is 5.73 Å². The van der Waals surface area contributed by atoms with Gasteiger partial charge in [0.15, 0.2) is 0 Å². The van der Waals surface area contributed by atoms with E-state index in [1.807, 2.05) is 19.1 Å². The van der Waals surface area contributed by atoms with E-state index in [4.69, 9.17) is 10.5 Å². The summed E-state index contributed by atoms with van der Waals surface area (Å²) in [5, 5.41) is 0.983. The molecule has 2 rings (SSSR count). The van der Waals surface area contributed by atoms with Crippen molar-refractivity contribution in [1.29, 1.82) is 0 Å². The largest absolute Gasteiger partial charge is 0.484 e. The van der Waals surface area contributed by atoms with E-state index >= 15 is 0 Å². The second-order valence-electron chi connectivity index (χ2n) is 4.13. The monoisotopic (exact) mass is 404 g/mol. The molecule has 0 aliphatic rings. The van der Waals surface area contributed by atoms with Crippen LogP contribution >= 0.6 is 43.2 Å². The Bertz CT molecular complexity index is 556. The maximum Gasteiger partial charge on any atom is 0.148 e.